The third-order valence-corrected chi connectivity index (χ3v) is 6.91. The summed E-state index contributed by atoms with van der Waals surface area (Å²) < 4.78 is 33.3. The van der Waals surface area contributed by atoms with Crippen LogP contribution >= 0.6 is 0 Å². The minimum Gasteiger partial charge on any atom is -0.457 e. The van der Waals surface area contributed by atoms with Crippen molar-refractivity contribution in [3.05, 3.63) is 30.1 Å². The molecule has 0 N–H and O–H groups in total. The van der Waals surface area contributed by atoms with Crippen LogP contribution in [0.2, 0.25) is 0 Å². The number of benzene rings is 1. The quantitative estimate of drug-likeness (QED) is 0.686. The zero-order chi connectivity index (χ0) is 18.6. The molecule has 4 fully saturated rings. The van der Waals surface area contributed by atoms with Gasteiger partial charge in [0.1, 0.15) is 6.61 Å². The smallest absolute Gasteiger partial charge is 0.320 e. The maximum absolute atomic E-state index is 13.5. The molecule has 4 nitrogen and oxygen atoms in total. The van der Waals surface area contributed by atoms with Gasteiger partial charge in [0, 0.05) is 0 Å². The number of hydrogen-bond acceptors (Lipinski definition) is 3. The zero-order valence-corrected chi connectivity index (χ0v) is 15.2. The van der Waals surface area contributed by atoms with Gasteiger partial charge < -0.3 is 4.74 Å². The lowest BCUT2D eigenvalue weighted by atomic mass is 9.49. The van der Waals surface area contributed by atoms with Gasteiger partial charge in [-0.2, -0.15) is 8.78 Å². The standard InChI is InChI=1S/C21H24F2N2O2/c22-20(23)25-17-4-2-1-3-16(17)24-18(25)12-27-19(26)11-21-8-13-5-14(9-21)7-15(6-13)10-21/h1-4,13-15,20H,5-12H2. The van der Waals surface area contributed by atoms with Gasteiger partial charge in [-0.05, 0) is 73.8 Å². The van der Waals surface area contributed by atoms with E-state index in [0.29, 0.717) is 17.5 Å². The Morgan fingerprint density at radius 1 is 1.15 bits per heavy atom. The Morgan fingerprint density at radius 2 is 1.78 bits per heavy atom. The number of carbonyl (C=O) groups excluding carboxylic acids is 1. The van der Waals surface area contributed by atoms with Crippen LogP contribution in [0.25, 0.3) is 11.0 Å². The highest BCUT2D eigenvalue weighted by molar-refractivity contribution is 5.76. The molecule has 6 heteroatoms. The first-order chi connectivity index (χ1) is 13.0. The van der Waals surface area contributed by atoms with E-state index in [2.05, 4.69) is 4.98 Å². The first-order valence-corrected chi connectivity index (χ1v) is 9.91. The Balaban J connectivity index is 1.29. The topological polar surface area (TPSA) is 44.1 Å². The van der Waals surface area contributed by atoms with Gasteiger partial charge in [0.2, 0.25) is 0 Å². The van der Waals surface area contributed by atoms with Crippen LogP contribution in [0.15, 0.2) is 24.3 Å². The van der Waals surface area contributed by atoms with Crippen LogP contribution in [0.1, 0.15) is 57.3 Å². The predicted molar refractivity (Wildman–Crippen MR) is 96.0 cm³/mol. The van der Waals surface area contributed by atoms with Crippen LogP contribution in [0.3, 0.4) is 0 Å². The van der Waals surface area contributed by atoms with Crippen molar-refractivity contribution in [1.29, 1.82) is 0 Å². The lowest BCUT2D eigenvalue weighted by molar-refractivity contribution is -0.153. The Bertz CT molecular complexity index is 841. The molecular formula is C21H24F2N2O2. The van der Waals surface area contributed by atoms with Crippen LogP contribution in [0.4, 0.5) is 8.78 Å². The third kappa shape index (κ3) is 3.03. The fraction of sp³-hybridized carbons (Fsp3) is 0.619. The molecule has 1 aromatic carbocycles. The maximum Gasteiger partial charge on any atom is 0.320 e. The molecule has 4 aliphatic rings. The van der Waals surface area contributed by atoms with Gasteiger partial charge in [-0.25, -0.2) is 4.98 Å². The molecule has 0 spiro atoms. The molecule has 0 saturated heterocycles. The summed E-state index contributed by atoms with van der Waals surface area (Å²) in [5.41, 5.74) is 0.943. The monoisotopic (exact) mass is 374 g/mol. The summed E-state index contributed by atoms with van der Waals surface area (Å²) in [4.78, 5) is 16.8. The summed E-state index contributed by atoms with van der Waals surface area (Å²) in [6.45, 7) is -2.92. The van der Waals surface area contributed by atoms with E-state index >= 15 is 0 Å². The molecular weight excluding hydrogens is 350 g/mol. The fourth-order valence-corrected chi connectivity index (χ4v) is 6.42. The maximum atomic E-state index is 13.5. The first-order valence-electron chi connectivity index (χ1n) is 9.91. The molecule has 1 aromatic heterocycles. The molecule has 27 heavy (non-hydrogen) atoms. The molecule has 4 bridgehead atoms. The number of para-hydroxylation sites is 2. The van der Waals surface area contributed by atoms with Crippen molar-refractivity contribution >= 4 is 17.0 Å². The number of aromatic nitrogens is 2. The van der Waals surface area contributed by atoms with Crippen LogP contribution in [-0.2, 0) is 16.1 Å². The molecule has 0 unspecified atom stereocenters. The molecule has 0 atom stereocenters. The molecule has 4 aliphatic carbocycles. The molecule has 1 heterocycles. The number of ether oxygens (including phenoxy) is 1. The highest BCUT2D eigenvalue weighted by atomic mass is 19.3. The number of nitrogens with zero attached hydrogens (tertiary/aromatic N) is 2. The number of hydrogen-bond donors (Lipinski definition) is 0. The van der Waals surface area contributed by atoms with E-state index in [4.69, 9.17) is 4.74 Å². The second kappa shape index (κ2) is 6.28. The summed E-state index contributed by atoms with van der Waals surface area (Å²) in [6, 6.07) is 6.75. The normalized spacial score (nSPS) is 31.7. The Labute approximate surface area is 156 Å². The lowest BCUT2D eigenvalue weighted by Crippen LogP contribution is -2.47. The third-order valence-electron chi connectivity index (χ3n) is 6.91. The largest absolute Gasteiger partial charge is 0.457 e. The van der Waals surface area contributed by atoms with Crippen molar-refractivity contribution in [1.82, 2.24) is 9.55 Å². The average molecular weight is 374 g/mol. The van der Waals surface area contributed by atoms with E-state index in [1.54, 1.807) is 24.3 Å². The van der Waals surface area contributed by atoms with Gasteiger partial charge in [-0.1, -0.05) is 12.1 Å². The Morgan fingerprint density at radius 3 is 2.41 bits per heavy atom. The van der Waals surface area contributed by atoms with Gasteiger partial charge in [-0.15, -0.1) is 0 Å². The van der Waals surface area contributed by atoms with Crippen LogP contribution in [0.5, 0.6) is 0 Å². The number of fused-ring (bicyclic) bond motifs is 1. The number of alkyl halides is 2. The molecule has 4 saturated carbocycles. The number of rotatable bonds is 5. The van der Waals surface area contributed by atoms with E-state index in [-0.39, 0.29) is 23.8 Å². The molecule has 144 valence electrons. The molecule has 0 aliphatic heterocycles. The van der Waals surface area contributed by atoms with Crippen molar-refractivity contribution in [2.45, 2.75) is 58.1 Å². The van der Waals surface area contributed by atoms with Crippen molar-refractivity contribution in [2.24, 2.45) is 23.2 Å². The van der Waals surface area contributed by atoms with E-state index in [1.807, 2.05) is 0 Å². The summed E-state index contributed by atoms with van der Waals surface area (Å²) in [5, 5.41) is 0. The van der Waals surface area contributed by atoms with Gasteiger partial charge in [0.25, 0.3) is 0 Å². The second-order valence-electron chi connectivity index (χ2n) is 8.92. The van der Waals surface area contributed by atoms with Crippen molar-refractivity contribution in [3.63, 3.8) is 0 Å². The van der Waals surface area contributed by atoms with Crippen molar-refractivity contribution < 1.29 is 18.3 Å². The highest BCUT2D eigenvalue weighted by Crippen LogP contribution is 2.61. The number of esters is 1. The van der Waals surface area contributed by atoms with E-state index in [9.17, 15) is 13.6 Å². The summed E-state index contributed by atoms with van der Waals surface area (Å²) in [6.07, 6.45) is 7.79. The highest BCUT2D eigenvalue weighted by Gasteiger charge is 2.51. The van der Waals surface area contributed by atoms with Crippen LogP contribution in [0, 0.1) is 23.2 Å². The minimum absolute atomic E-state index is 0.0919. The van der Waals surface area contributed by atoms with E-state index in [1.165, 1.54) is 19.3 Å². The molecule has 0 radical (unpaired) electrons. The first kappa shape index (κ1) is 17.1. The average Bonchev–Trinajstić information content (AvgIpc) is 2.97. The summed E-state index contributed by atoms with van der Waals surface area (Å²) in [7, 11) is 0. The minimum atomic E-state index is -2.71. The summed E-state index contributed by atoms with van der Waals surface area (Å²) in [5.74, 6) is 2.14. The number of carbonyl (C=O) groups is 1. The van der Waals surface area contributed by atoms with Gasteiger partial charge in [-0.3, -0.25) is 9.36 Å². The predicted octanol–water partition coefficient (Wildman–Crippen LogP) is 5.08. The molecule has 2 aromatic rings. The summed E-state index contributed by atoms with van der Waals surface area (Å²) >= 11 is 0. The van der Waals surface area contributed by atoms with E-state index < -0.39 is 6.55 Å². The number of halogens is 2. The Hall–Kier alpha value is -1.98. The lowest BCUT2D eigenvalue weighted by Gasteiger charge is -2.56. The van der Waals surface area contributed by atoms with E-state index in [0.717, 1.165) is 41.6 Å². The fourth-order valence-electron chi connectivity index (χ4n) is 6.42. The molecule has 6 rings (SSSR count). The zero-order valence-electron chi connectivity index (χ0n) is 15.2. The van der Waals surface area contributed by atoms with Gasteiger partial charge >= 0.3 is 12.5 Å². The number of imidazole rings is 1. The van der Waals surface area contributed by atoms with Crippen molar-refractivity contribution in [3.8, 4) is 0 Å². The van der Waals surface area contributed by atoms with Gasteiger partial charge in [0.15, 0.2) is 5.82 Å². The van der Waals surface area contributed by atoms with Gasteiger partial charge in [0.05, 0.1) is 17.5 Å². The molecule has 0 amide bonds. The Kier molecular flexibility index (Phi) is 3.99. The van der Waals surface area contributed by atoms with Crippen LogP contribution < -0.4 is 0 Å². The van der Waals surface area contributed by atoms with Crippen LogP contribution in [-0.4, -0.2) is 15.5 Å². The van der Waals surface area contributed by atoms with Crippen molar-refractivity contribution in [2.75, 3.05) is 0 Å². The SMILES string of the molecule is O=C(CC12CC3CC(CC(C3)C1)C2)OCc1nc2ccccc2n1C(F)F. The second-order valence-corrected chi connectivity index (χ2v) is 8.92.